The number of amides is 1. The minimum Gasteiger partial charge on any atom is -0.351 e. The quantitative estimate of drug-likeness (QED) is 0.824. The van der Waals surface area contributed by atoms with Crippen molar-refractivity contribution in [3.8, 4) is 0 Å². The number of carbonyl (C=O) groups excluding carboxylic acids is 1. The third-order valence-corrected chi connectivity index (χ3v) is 3.29. The second-order valence-electron chi connectivity index (χ2n) is 3.15. The molecule has 1 amide bonds. The van der Waals surface area contributed by atoms with E-state index in [1.54, 1.807) is 0 Å². The molecule has 0 aliphatic heterocycles. The molecule has 2 nitrogen and oxygen atoms in total. The molecule has 4 heteroatoms. The maximum Gasteiger partial charge on any atom is 0.234 e. The molecule has 0 aliphatic rings. The number of halogens is 2. The van der Waals surface area contributed by atoms with Gasteiger partial charge in [0.1, 0.15) is 0 Å². The van der Waals surface area contributed by atoms with Crippen LogP contribution in [0.5, 0.6) is 0 Å². The second kappa shape index (κ2) is 7.01. The molecule has 82 valence electrons. The van der Waals surface area contributed by atoms with Crippen molar-refractivity contribution in [2.24, 2.45) is 0 Å². The van der Waals surface area contributed by atoms with Crippen LogP contribution >= 0.6 is 31.9 Å². The van der Waals surface area contributed by atoms with Gasteiger partial charge in [-0.1, -0.05) is 62.2 Å². The smallest absolute Gasteiger partial charge is 0.234 e. The van der Waals surface area contributed by atoms with Crippen LogP contribution in [0, 0.1) is 0 Å². The van der Waals surface area contributed by atoms with E-state index in [1.165, 1.54) is 0 Å². The maximum absolute atomic E-state index is 11.5. The van der Waals surface area contributed by atoms with E-state index < -0.39 is 0 Å². The number of rotatable bonds is 5. The molecule has 0 aliphatic carbocycles. The summed E-state index contributed by atoms with van der Waals surface area (Å²) in [6.45, 7) is 0.587. The Kier molecular flexibility index (Phi) is 5.95. The predicted octanol–water partition coefficient (Wildman–Crippen LogP) is 2.85. The van der Waals surface area contributed by atoms with E-state index in [9.17, 15) is 4.79 Å². The molecule has 1 N–H and O–H groups in total. The van der Waals surface area contributed by atoms with Crippen molar-refractivity contribution >= 4 is 37.8 Å². The van der Waals surface area contributed by atoms with Gasteiger partial charge >= 0.3 is 0 Å². The lowest BCUT2D eigenvalue weighted by Crippen LogP contribution is -2.30. The van der Waals surface area contributed by atoms with E-state index in [0.717, 1.165) is 17.3 Å². The molecule has 15 heavy (non-hydrogen) atoms. The Morgan fingerprint density at radius 3 is 2.60 bits per heavy atom. The SMILES string of the molecule is O=C(NCc1ccccc1)C(Br)CCBr. The number of hydrogen-bond donors (Lipinski definition) is 1. The highest BCUT2D eigenvalue weighted by Crippen LogP contribution is 2.07. The molecule has 0 fully saturated rings. The zero-order valence-electron chi connectivity index (χ0n) is 8.25. The highest BCUT2D eigenvalue weighted by Gasteiger charge is 2.12. The zero-order chi connectivity index (χ0) is 11.1. The first-order valence-electron chi connectivity index (χ1n) is 4.75. The fraction of sp³-hybridized carbons (Fsp3) is 0.364. The Labute approximate surface area is 107 Å². The molecule has 0 saturated heterocycles. The van der Waals surface area contributed by atoms with Crippen LogP contribution in [-0.4, -0.2) is 16.1 Å². The molecule has 0 bridgehead atoms. The molecule has 1 atom stereocenters. The minimum atomic E-state index is -0.111. The topological polar surface area (TPSA) is 29.1 Å². The number of benzene rings is 1. The van der Waals surface area contributed by atoms with Crippen molar-refractivity contribution in [1.29, 1.82) is 0 Å². The van der Waals surface area contributed by atoms with Crippen molar-refractivity contribution in [3.05, 3.63) is 35.9 Å². The fourth-order valence-electron chi connectivity index (χ4n) is 1.12. The normalized spacial score (nSPS) is 12.1. The first kappa shape index (κ1) is 12.7. The van der Waals surface area contributed by atoms with Gasteiger partial charge in [-0.2, -0.15) is 0 Å². The lowest BCUT2D eigenvalue weighted by atomic mass is 10.2. The van der Waals surface area contributed by atoms with Gasteiger partial charge in [0.15, 0.2) is 0 Å². The summed E-state index contributed by atoms with van der Waals surface area (Å²) in [4.78, 5) is 11.4. The minimum absolute atomic E-state index is 0.0401. The Balaban J connectivity index is 2.34. The summed E-state index contributed by atoms with van der Waals surface area (Å²) >= 11 is 6.64. The summed E-state index contributed by atoms with van der Waals surface area (Å²) in [5.41, 5.74) is 1.12. The fourth-order valence-corrected chi connectivity index (χ4v) is 2.59. The molecule has 0 saturated carbocycles. The largest absolute Gasteiger partial charge is 0.351 e. The Morgan fingerprint density at radius 2 is 2.00 bits per heavy atom. The van der Waals surface area contributed by atoms with Crippen LogP contribution < -0.4 is 5.32 Å². The average molecular weight is 335 g/mol. The number of alkyl halides is 2. The van der Waals surface area contributed by atoms with Crippen molar-refractivity contribution in [1.82, 2.24) is 5.32 Å². The molecule has 0 aromatic heterocycles. The first-order chi connectivity index (χ1) is 7.24. The molecule has 0 heterocycles. The number of nitrogens with one attached hydrogen (secondary N) is 1. The lowest BCUT2D eigenvalue weighted by Gasteiger charge is -2.09. The van der Waals surface area contributed by atoms with Crippen LogP contribution in [0.1, 0.15) is 12.0 Å². The van der Waals surface area contributed by atoms with Gasteiger partial charge < -0.3 is 5.32 Å². The van der Waals surface area contributed by atoms with Gasteiger partial charge in [0.25, 0.3) is 0 Å². The molecule has 1 aromatic carbocycles. The van der Waals surface area contributed by atoms with Gasteiger partial charge in [0, 0.05) is 11.9 Å². The Hall–Kier alpha value is -0.350. The highest BCUT2D eigenvalue weighted by molar-refractivity contribution is 9.10. The van der Waals surface area contributed by atoms with Crippen LogP contribution in [0.4, 0.5) is 0 Å². The van der Waals surface area contributed by atoms with Gasteiger partial charge in [0.05, 0.1) is 4.83 Å². The van der Waals surface area contributed by atoms with E-state index in [2.05, 4.69) is 37.2 Å². The molecular weight excluding hydrogens is 322 g/mol. The standard InChI is InChI=1S/C11H13Br2NO/c12-7-6-10(13)11(15)14-8-9-4-2-1-3-5-9/h1-5,10H,6-8H2,(H,14,15). The second-order valence-corrected chi connectivity index (χ2v) is 5.05. The van der Waals surface area contributed by atoms with Crippen LogP contribution in [0.15, 0.2) is 30.3 Å². The van der Waals surface area contributed by atoms with Gasteiger partial charge in [0.2, 0.25) is 5.91 Å². The summed E-state index contributed by atoms with van der Waals surface area (Å²) in [5, 5.41) is 3.70. The third-order valence-electron chi connectivity index (χ3n) is 1.96. The van der Waals surface area contributed by atoms with Gasteiger partial charge in [-0.15, -0.1) is 0 Å². The van der Waals surface area contributed by atoms with Gasteiger partial charge in [-0.3, -0.25) is 4.79 Å². The molecule has 1 aromatic rings. The summed E-state index contributed by atoms with van der Waals surface area (Å²) in [5.74, 6) is 0.0401. The summed E-state index contributed by atoms with van der Waals surface area (Å²) in [6, 6.07) is 9.88. The summed E-state index contributed by atoms with van der Waals surface area (Å²) in [7, 11) is 0. The highest BCUT2D eigenvalue weighted by atomic mass is 79.9. The Bertz CT molecular complexity index is 303. The van der Waals surface area contributed by atoms with Crippen LogP contribution in [-0.2, 0) is 11.3 Å². The molecule has 0 spiro atoms. The van der Waals surface area contributed by atoms with Crippen LogP contribution in [0.25, 0.3) is 0 Å². The van der Waals surface area contributed by atoms with Crippen molar-refractivity contribution in [3.63, 3.8) is 0 Å². The molecule has 1 unspecified atom stereocenters. The molecular formula is C11H13Br2NO. The summed E-state index contributed by atoms with van der Waals surface area (Å²) < 4.78 is 0. The van der Waals surface area contributed by atoms with E-state index in [1.807, 2.05) is 30.3 Å². The average Bonchev–Trinajstić information content (AvgIpc) is 2.27. The van der Waals surface area contributed by atoms with E-state index >= 15 is 0 Å². The monoisotopic (exact) mass is 333 g/mol. The zero-order valence-corrected chi connectivity index (χ0v) is 11.4. The van der Waals surface area contributed by atoms with E-state index in [4.69, 9.17) is 0 Å². The third kappa shape index (κ3) is 4.80. The van der Waals surface area contributed by atoms with Crippen molar-refractivity contribution in [2.45, 2.75) is 17.8 Å². The maximum atomic E-state index is 11.5. The van der Waals surface area contributed by atoms with Crippen molar-refractivity contribution in [2.75, 3.05) is 5.33 Å². The lowest BCUT2D eigenvalue weighted by molar-refractivity contribution is -0.120. The molecule has 0 radical (unpaired) electrons. The molecule has 1 rings (SSSR count). The Morgan fingerprint density at radius 1 is 1.33 bits per heavy atom. The van der Waals surface area contributed by atoms with Crippen molar-refractivity contribution < 1.29 is 4.79 Å². The predicted molar refractivity (Wildman–Crippen MR) is 69.4 cm³/mol. The van der Waals surface area contributed by atoms with Crippen LogP contribution in [0.3, 0.4) is 0 Å². The van der Waals surface area contributed by atoms with Gasteiger partial charge in [-0.25, -0.2) is 0 Å². The first-order valence-corrected chi connectivity index (χ1v) is 6.79. The number of carbonyl (C=O) groups is 1. The summed E-state index contributed by atoms with van der Waals surface area (Å²) in [6.07, 6.45) is 0.792. The van der Waals surface area contributed by atoms with Crippen LogP contribution in [0.2, 0.25) is 0 Å². The van der Waals surface area contributed by atoms with E-state index in [0.29, 0.717) is 6.54 Å². The van der Waals surface area contributed by atoms with Gasteiger partial charge in [-0.05, 0) is 12.0 Å². The number of hydrogen-bond acceptors (Lipinski definition) is 1. The van der Waals surface area contributed by atoms with E-state index in [-0.39, 0.29) is 10.7 Å².